The minimum Gasteiger partial charge on any atom is -0.472 e. The molecular weight excluding hydrogens is 232 g/mol. The van der Waals surface area contributed by atoms with Crippen LogP contribution in [0.5, 0.6) is 0 Å². The van der Waals surface area contributed by atoms with E-state index in [2.05, 4.69) is 10.3 Å². The highest BCUT2D eigenvalue weighted by molar-refractivity contribution is 5.83. The molecule has 5 heteroatoms. The van der Waals surface area contributed by atoms with Crippen LogP contribution in [0.15, 0.2) is 47.4 Å². The lowest BCUT2D eigenvalue weighted by Crippen LogP contribution is -2.30. The van der Waals surface area contributed by atoms with Crippen LogP contribution in [0.1, 0.15) is 17.2 Å². The summed E-state index contributed by atoms with van der Waals surface area (Å²) in [5, 5.41) is 12.0. The summed E-state index contributed by atoms with van der Waals surface area (Å²) in [6.07, 6.45) is 4.60. The van der Waals surface area contributed by atoms with Crippen LogP contribution in [0, 0.1) is 0 Å². The van der Waals surface area contributed by atoms with Crippen LogP contribution in [0.3, 0.4) is 0 Å². The lowest BCUT2D eigenvalue weighted by atomic mass is 10.0. The van der Waals surface area contributed by atoms with Gasteiger partial charge < -0.3 is 14.8 Å². The molecule has 1 atom stereocenters. The molecule has 0 saturated heterocycles. The highest BCUT2D eigenvalue weighted by atomic mass is 16.3. The standard InChI is InChI=1S/C13H14N2O3/c16-8-12(10-4-6-18-9-10)13(17)15-7-11-3-1-2-5-14-11/h1-6,9,12,16H,7-8H2,(H,15,17)/t12-/m0/s1. The van der Waals surface area contributed by atoms with Crippen molar-refractivity contribution in [3.05, 3.63) is 54.2 Å². The molecule has 1 amide bonds. The number of carbonyl (C=O) groups is 1. The molecule has 0 aliphatic carbocycles. The molecule has 0 bridgehead atoms. The van der Waals surface area contributed by atoms with E-state index in [1.807, 2.05) is 18.2 Å². The lowest BCUT2D eigenvalue weighted by Gasteiger charge is -2.12. The molecule has 0 aromatic carbocycles. The predicted octanol–water partition coefficient (Wildman–Crippen LogP) is 1.07. The largest absolute Gasteiger partial charge is 0.472 e. The number of carbonyl (C=O) groups excluding carboxylic acids is 1. The second-order valence-corrected chi connectivity index (χ2v) is 3.83. The maximum atomic E-state index is 11.9. The average molecular weight is 246 g/mol. The van der Waals surface area contributed by atoms with Crippen molar-refractivity contribution in [1.82, 2.24) is 10.3 Å². The van der Waals surface area contributed by atoms with Gasteiger partial charge in [-0.1, -0.05) is 6.07 Å². The summed E-state index contributed by atoms with van der Waals surface area (Å²) in [4.78, 5) is 16.0. The third kappa shape index (κ3) is 2.95. The van der Waals surface area contributed by atoms with E-state index in [0.717, 1.165) is 5.69 Å². The van der Waals surface area contributed by atoms with Gasteiger partial charge in [0.25, 0.3) is 0 Å². The Morgan fingerprint density at radius 1 is 1.44 bits per heavy atom. The molecule has 0 aliphatic rings. The molecule has 0 unspecified atom stereocenters. The molecule has 0 saturated carbocycles. The number of amides is 1. The summed E-state index contributed by atoms with van der Waals surface area (Å²) in [6, 6.07) is 7.16. The Morgan fingerprint density at radius 2 is 2.33 bits per heavy atom. The zero-order chi connectivity index (χ0) is 12.8. The van der Waals surface area contributed by atoms with Crippen molar-refractivity contribution in [1.29, 1.82) is 0 Å². The van der Waals surface area contributed by atoms with Gasteiger partial charge >= 0.3 is 0 Å². The van der Waals surface area contributed by atoms with Crippen molar-refractivity contribution >= 4 is 5.91 Å². The molecule has 0 spiro atoms. The zero-order valence-corrected chi connectivity index (χ0v) is 9.74. The third-order valence-electron chi connectivity index (χ3n) is 2.61. The summed E-state index contributed by atoms with van der Waals surface area (Å²) in [6.45, 7) is 0.0849. The van der Waals surface area contributed by atoms with Gasteiger partial charge in [-0.25, -0.2) is 0 Å². The van der Waals surface area contributed by atoms with Gasteiger partial charge in [-0.15, -0.1) is 0 Å². The number of furan rings is 1. The van der Waals surface area contributed by atoms with Crippen molar-refractivity contribution in [3.63, 3.8) is 0 Å². The molecule has 0 aliphatic heterocycles. The van der Waals surface area contributed by atoms with Gasteiger partial charge in [0.2, 0.25) is 5.91 Å². The van der Waals surface area contributed by atoms with Crippen LogP contribution in [-0.2, 0) is 11.3 Å². The number of aliphatic hydroxyl groups is 1. The Labute approximate surface area is 104 Å². The normalized spacial score (nSPS) is 12.1. The van der Waals surface area contributed by atoms with Gasteiger partial charge in [0.1, 0.15) is 0 Å². The van der Waals surface area contributed by atoms with Crippen LogP contribution < -0.4 is 5.32 Å². The maximum Gasteiger partial charge on any atom is 0.230 e. The van der Waals surface area contributed by atoms with E-state index in [0.29, 0.717) is 12.1 Å². The van der Waals surface area contributed by atoms with Crippen LogP contribution in [0.2, 0.25) is 0 Å². The second-order valence-electron chi connectivity index (χ2n) is 3.83. The van der Waals surface area contributed by atoms with Gasteiger partial charge in [0.05, 0.1) is 37.3 Å². The van der Waals surface area contributed by atoms with Crippen LogP contribution in [0.4, 0.5) is 0 Å². The third-order valence-corrected chi connectivity index (χ3v) is 2.61. The van der Waals surface area contributed by atoms with Crippen LogP contribution in [-0.4, -0.2) is 22.6 Å². The molecular formula is C13H14N2O3. The van der Waals surface area contributed by atoms with Gasteiger partial charge in [0, 0.05) is 11.8 Å². The summed E-state index contributed by atoms with van der Waals surface area (Å²) in [5.74, 6) is -0.850. The number of aliphatic hydroxyl groups excluding tert-OH is 1. The lowest BCUT2D eigenvalue weighted by molar-refractivity contribution is -0.123. The van der Waals surface area contributed by atoms with Crippen molar-refractivity contribution in [2.24, 2.45) is 0 Å². The van der Waals surface area contributed by atoms with Gasteiger partial charge in [-0.2, -0.15) is 0 Å². The fraction of sp³-hybridized carbons (Fsp3) is 0.231. The maximum absolute atomic E-state index is 11.9. The van der Waals surface area contributed by atoms with Gasteiger partial charge in [0.15, 0.2) is 0 Å². The van der Waals surface area contributed by atoms with Crippen LogP contribution in [0.25, 0.3) is 0 Å². The Bertz CT molecular complexity index is 482. The Kier molecular flexibility index (Phi) is 4.09. The number of nitrogens with one attached hydrogen (secondary N) is 1. The van der Waals surface area contributed by atoms with E-state index in [1.165, 1.54) is 12.5 Å². The minimum absolute atomic E-state index is 0.246. The minimum atomic E-state index is -0.604. The Balaban J connectivity index is 1.95. The van der Waals surface area contributed by atoms with E-state index >= 15 is 0 Å². The molecule has 2 aromatic heterocycles. The topological polar surface area (TPSA) is 75.4 Å². The summed E-state index contributed by atoms with van der Waals surface area (Å²) in [5.41, 5.74) is 1.44. The highest BCUT2D eigenvalue weighted by Crippen LogP contribution is 2.15. The number of hydrogen-bond acceptors (Lipinski definition) is 4. The molecule has 2 aromatic rings. The number of nitrogens with zero attached hydrogens (tertiary/aromatic N) is 1. The number of hydrogen-bond donors (Lipinski definition) is 2. The fourth-order valence-corrected chi connectivity index (χ4v) is 1.62. The van der Waals surface area contributed by atoms with Crippen molar-refractivity contribution in [2.45, 2.75) is 12.5 Å². The highest BCUT2D eigenvalue weighted by Gasteiger charge is 2.20. The molecule has 0 radical (unpaired) electrons. The molecule has 2 rings (SSSR count). The van der Waals surface area contributed by atoms with E-state index in [9.17, 15) is 9.90 Å². The fourth-order valence-electron chi connectivity index (χ4n) is 1.62. The Hall–Kier alpha value is -2.14. The number of pyridine rings is 1. The number of rotatable bonds is 5. The molecule has 18 heavy (non-hydrogen) atoms. The molecule has 0 fully saturated rings. The Morgan fingerprint density at radius 3 is 2.94 bits per heavy atom. The number of aromatic nitrogens is 1. The molecule has 5 nitrogen and oxygen atoms in total. The first-order valence-electron chi connectivity index (χ1n) is 5.62. The SMILES string of the molecule is O=C(NCc1ccccn1)[C@@H](CO)c1ccoc1. The predicted molar refractivity (Wildman–Crippen MR) is 64.6 cm³/mol. The van der Waals surface area contributed by atoms with Gasteiger partial charge in [-0.3, -0.25) is 9.78 Å². The van der Waals surface area contributed by atoms with Crippen molar-refractivity contribution in [3.8, 4) is 0 Å². The first-order chi connectivity index (χ1) is 8.81. The second kappa shape index (κ2) is 5.97. The van der Waals surface area contributed by atoms with Crippen LogP contribution >= 0.6 is 0 Å². The molecule has 2 N–H and O–H groups in total. The zero-order valence-electron chi connectivity index (χ0n) is 9.74. The van der Waals surface area contributed by atoms with Crippen molar-refractivity contribution < 1.29 is 14.3 Å². The average Bonchev–Trinajstić information content (AvgIpc) is 2.92. The van der Waals surface area contributed by atoms with E-state index in [1.54, 1.807) is 12.3 Å². The first-order valence-corrected chi connectivity index (χ1v) is 5.62. The molecule has 94 valence electrons. The summed E-state index contributed by atoms with van der Waals surface area (Å²) in [7, 11) is 0. The first kappa shape index (κ1) is 12.3. The van der Waals surface area contributed by atoms with E-state index < -0.39 is 5.92 Å². The smallest absolute Gasteiger partial charge is 0.230 e. The summed E-state index contributed by atoms with van der Waals surface area (Å²) < 4.78 is 4.91. The van der Waals surface area contributed by atoms with E-state index in [-0.39, 0.29) is 12.5 Å². The van der Waals surface area contributed by atoms with E-state index in [4.69, 9.17) is 4.42 Å². The molecule has 2 heterocycles. The monoisotopic (exact) mass is 246 g/mol. The quantitative estimate of drug-likeness (QED) is 0.827. The summed E-state index contributed by atoms with van der Waals surface area (Å²) >= 11 is 0. The van der Waals surface area contributed by atoms with Crippen molar-refractivity contribution in [2.75, 3.05) is 6.61 Å². The van der Waals surface area contributed by atoms with Gasteiger partial charge in [-0.05, 0) is 18.2 Å².